The maximum atomic E-state index is 12.5. The summed E-state index contributed by atoms with van der Waals surface area (Å²) < 4.78 is 33.4. The van der Waals surface area contributed by atoms with E-state index in [1.165, 1.54) is 42.7 Å². The highest BCUT2D eigenvalue weighted by Crippen LogP contribution is 2.20. The lowest BCUT2D eigenvalue weighted by Crippen LogP contribution is -2.27. The molecule has 1 aliphatic carbocycles. The van der Waals surface area contributed by atoms with Crippen molar-refractivity contribution in [2.45, 2.75) is 56.1 Å². The molecular formula is C21H28N2O4S2. The van der Waals surface area contributed by atoms with Crippen molar-refractivity contribution in [2.24, 2.45) is 0 Å². The van der Waals surface area contributed by atoms with Crippen LogP contribution in [0.4, 0.5) is 0 Å². The molecule has 3 rings (SSSR count). The normalized spacial score (nSPS) is 15.3. The predicted octanol–water partition coefficient (Wildman–Crippen LogP) is 3.70. The minimum Gasteiger partial charge on any atom is -0.378 e. The first-order valence-electron chi connectivity index (χ1n) is 10.1. The molecule has 0 atom stereocenters. The number of thiophene rings is 1. The molecule has 0 aliphatic heterocycles. The first-order chi connectivity index (χ1) is 14.0. The van der Waals surface area contributed by atoms with Crippen LogP contribution in [0.3, 0.4) is 0 Å². The molecule has 0 spiro atoms. The highest BCUT2D eigenvalue weighted by molar-refractivity contribution is 7.89. The molecule has 1 aromatic heterocycles. The molecule has 1 saturated carbocycles. The van der Waals surface area contributed by atoms with Gasteiger partial charge >= 0.3 is 0 Å². The molecule has 2 N–H and O–H groups in total. The van der Waals surface area contributed by atoms with Gasteiger partial charge in [-0.25, -0.2) is 13.1 Å². The van der Waals surface area contributed by atoms with E-state index in [1.807, 2.05) is 17.5 Å². The molecule has 2 aromatic rings. The van der Waals surface area contributed by atoms with Gasteiger partial charge in [0.05, 0.1) is 11.0 Å². The van der Waals surface area contributed by atoms with Gasteiger partial charge in [-0.1, -0.05) is 31.4 Å². The summed E-state index contributed by atoms with van der Waals surface area (Å²) in [6, 6.07) is 9.84. The molecule has 1 heterocycles. The van der Waals surface area contributed by atoms with Gasteiger partial charge < -0.3 is 10.1 Å². The van der Waals surface area contributed by atoms with E-state index in [0.717, 1.165) is 24.1 Å². The third-order valence-electron chi connectivity index (χ3n) is 4.94. The zero-order chi connectivity index (χ0) is 20.5. The van der Waals surface area contributed by atoms with Crippen molar-refractivity contribution in [3.05, 3.63) is 52.2 Å². The average molecular weight is 437 g/mol. The number of carbonyl (C=O) groups is 1. The Morgan fingerprint density at radius 1 is 1.14 bits per heavy atom. The SMILES string of the molecule is O=C(NCCCOC1CCCCC1)c1cccc(S(=O)(=O)NCc2cccs2)c1. The van der Waals surface area contributed by atoms with Crippen LogP contribution in [0, 0.1) is 0 Å². The topological polar surface area (TPSA) is 84.5 Å². The van der Waals surface area contributed by atoms with Crippen molar-refractivity contribution >= 4 is 27.3 Å². The van der Waals surface area contributed by atoms with Crippen LogP contribution in [0.1, 0.15) is 53.8 Å². The van der Waals surface area contributed by atoms with E-state index in [4.69, 9.17) is 4.74 Å². The molecule has 1 aromatic carbocycles. The number of hydrogen-bond acceptors (Lipinski definition) is 5. The number of ether oxygens (including phenoxy) is 1. The summed E-state index contributed by atoms with van der Waals surface area (Å²) >= 11 is 1.49. The van der Waals surface area contributed by atoms with Crippen molar-refractivity contribution in [2.75, 3.05) is 13.2 Å². The number of nitrogens with one attached hydrogen (secondary N) is 2. The van der Waals surface area contributed by atoms with Gasteiger partial charge in [-0.15, -0.1) is 11.3 Å². The third kappa shape index (κ3) is 6.92. The number of benzene rings is 1. The molecule has 1 amide bonds. The zero-order valence-electron chi connectivity index (χ0n) is 16.4. The van der Waals surface area contributed by atoms with Gasteiger partial charge in [0, 0.05) is 30.1 Å². The Morgan fingerprint density at radius 3 is 2.72 bits per heavy atom. The summed E-state index contributed by atoms with van der Waals surface area (Å²) in [6.45, 7) is 1.36. The van der Waals surface area contributed by atoms with Gasteiger partial charge in [-0.3, -0.25) is 4.79 Å². The molecule has 1 aliphatic rings. The van der Waals surface area contributed by atoms with Crippen LogP contribution < -0.4 is 10.0 Å². The summed E-state index contributed by atoms with van der Waals surface area (Å²) in [4.78, 5) is 13.4. The second-order valence-electron chi connectivity index (χ2n) is 7.17. The Labute approximate surface area is 176 Å². The van der Waals surface area contributed by atoms with Gasteiger partial charge in [0.1, 0.15) is 0 Å². The number of hydrogen-bond donors (Lipinski definition) is 2. The van der Waals surface area contributed by atoms with Crippen LogP contribution in [0.5, 0.6) is 0 Å². The summed E-state index contributed by atoms with van der Waals surface area (Å²) in [7, 11) is -3.68. The Hall–Kier alpha value is -1.74. The van der Waals surface area contributed by atoms with Crippen molar-refractivity contribution in [1.29, 1.82) is 0 Å². The van der Waals surface area contributed by atoms with Crippen LogP contribution in [0.25, 0.3) is 0 Å². The monoisotopic (exact) mass is 436 g/mol. The Balaban J connectivity index is 1.45. The van der Waals surface area contributed by atoms with Crippen LogP contribution in [0.2, 0.25) is 0 Å². The van der Waals surface area contributed by atoms with E-state index in [2.05, 4.69) is 10.0 Å². The Bertz CT molecular complexity index is 876. The second-order valence-corrected chi connectivity index (χ2v) is 9.97. The fourth-order valence-corrected chi connectivity index (χ4v) is 5.11. The van der Waals surface area contributed by atoms with Gasteiger partial charge in [-0.05, 0) is 48.9 Å². The third-order valence-corrected chi connectivity index (χ3v) is 7.21. The number of carbonyl (C=O) groups excluding carboxylic acids is 1. The highest BCUT2D eigenvalue weighted by atomic mass is 32.2. The first-order valence-corrected chi connectivity index (χ1v) is 12.4. The lowest BCUT2D eigenvalue weighted by molar-refractivity contribution is 0.0273. The second kappa shape index (κ2) is 10.9. The van der Waals surface area contributed by atoms with Crippen molar-refractivity contribution in [1.82, 2.24) is 10.0 Å². The van der Waals surface area contributed by atoms with E-state index in [-0.39, 0.29) is 17.3 Å². The molecular weight excluding hydrogens is 408 g/mol. The summed E-state index contributed by atoms with van der Waals surface area (Å²) in [5.41, 5.74) is 0.331. The molecule has 0 unspecified atom stereocenters. The first kappa shape index (κ1) is 22.0. The van der Waals surface area contributed by atoms with Crippen LogP contribution in [-0.2, 0) is 21.3 Å². The van der Waals surface area contributed by atoms with E-state index in [9.17, 15) is 13.2 Å². The van der Waals surface area contributed by atoms with Crippen molar-refractivity contribution in [3.63, 3.8) is 0 Å². The molecule has 0 bridgehead atoms. The smallest absolute Gasteiger partial charge is 0.251 e. The van der Waals surface area contributed by atoms with Crippen LogP contribution in [0.15, 0.2) is 46.7 Å². The number of amides is 1. The van der Waals surface area contributed by atoms with E-state index >= 15 is 0 Å². The minimum absolute atomic E-state index is 0.0855. The lowest BCUT2D eigenvalue weighted by Gasteiger charge is -2.21. The molecule has 0 radical (unpaired) electrons. The maximum absolute atomic E-state index is 12.5. The Kier molecular flexibility index (Phi) is 8.23. The summed E-state index contributed by atoms with van der Waals surface area (Å²) in [5, 5.41) is 4.73. The van der Waals surface area contributed by atoms with E-state index in [0.29, 0.717) is 24.8 Å². The zero-order valence-corrected chi connectivity index (χ0v) is 18.1. The molecule has 0 saturated heterocycles. The molecule has 29 heavy (non-hydrogen) atoms. The average Bonchev–Trinajstić information content (AvgIpc) is 3.27. The standard InChI is InChI=1S/C21H28N2O4S2/c24-21(22-12-6-13-27-18-8-2-1-3-9-18)17-7-4-11-20(15-17)29(25,26)23-16-19-10-5-14-28-19/h4-5,7,10-11,14-15,18,23H,1-3,6,8-9,12-13,16H2,(H,22,24). The Morgan fingerprint density at radius 2 is 1.97 bits per heavy atom. The van der Waals surface area contributed by atoms with Crippen LogP contribution in [-0.4, -0.2) is 33.6 Å². The van der Waals surface area contributed by atoms with E-state index in [1.54, 1.807) is 12.1 Å². The predicted molar refractivity (Wildman–Crippen MR) is 115 cm³/mol. The summed E-state index contributed by atoms with van der Waals surface area (Å²) in [5.74, 6) is -0.280. The van der Waals surface area contributed by atoms with Crippen molar-refractivity contribution in [3.8, 4) is 0 Å². The highest BCUT2D eigenvalue weighted by Gasteiger charge is 2.17. The van der Waals surface area contributed by atoms with Crippen molar-refractivity contribution < 1.29 is 17.9 Å². The maximum Gasteiger partial charge on any atom is 0.251 e. The van der Waals surface area contributed by atoms with Gasteiger partial charge in [0.15, 0.2) is 0 Å². The molecule has 6 nitrogen and oxygen atoms in total. The summed E-state index contributed by atoms with van der Waals surface area (Å²) in [6.07, 6.45) is 7.15. The molecule has 1 fully saturated rings. The quantitative estimate of drug-likeness (QED) is 0.556. The van der Waals surface area contributed by atoms with Gasteiger partial charge in [0.25, 0.3) is 5.91 Å². The van der Waals surface area contributed by atoms with Gasteiger partial charge in [0.2, 0.25) is 10.0 Å². The molecule has 8 heteroatoms. The number of rotatable bonds is 10. The fourth-order valence-electron chi connectivity index (χ4n) is 3.33. The molecule has 158 valence electrons. The fraction of sp³-hybridized carbons (Fsp3) is 0.476. The van der Waals surface area contributed by atoms with Crippen LogP contribution >= 0.6 is 11.3 Å². The number of sulfonamides is 1. The van der Waals surface area contributed by atoms with Gasteiger partial charge in [-0.2, -0.15) is 0 Å². The largest absolute Gasteiger partial charge is 0.378 e. The van der Waals surface area contributed by atoms with E-state index < -0.39 is 10.0 Å². The lowest BCUT2D eigenvalue weighted by atomic mass is 9.98. The minimum atomic E-state index is -3.68.